The highest BCUT2D eigenvalue weighted by atomic mass is 16.4. The van der Waals surface area contributed by atoms with Gasteiger partial charge in [-0.05, 0) is 34.6 Å². The van der Waals surface area contributed by atoms with Gasteiger partial charge >= 0.3 is 12.0 Å². The minimum atomic E-state index is -1.06. The maximum Gasteiger partial charge on any atom is 0.317 e. The number of hydrogen-bond acceptors (Lipinski definition) is 2. The van der Waals surface area contributed by atoms with Crippen LogP contribution in [0.25, 0.3) is 0 Å². The topological polar surface area (TPSA) is 69.6 Å². The van der Waals surface area contributed by atoms with Crippen LogP contribution in [0.15, 0.2) is 12.2 Å². The molecule has 0 saturated carbocycles. The number of urea groups is 1. The fourth-order valence-corrected chi connectivity index (χ4v) is 1.26. The van der Waals surface area contributed by atoms with E-state index in [0.717, 1.165) is 5.57 Å². The zero-order chi connectivity index (χ0) is 14.7. The van der Waals surface area contributed by atoms with Crippen LogP contribution in [0.1, 0.15) is 34.6 Å². The summed E-state index contributed by atoms with van der Waals surface area (Å²) in [7, 11) is 1.65. The van der Waals surface area contributed by atoms with Gasteiger partial charge in [-0.2, -0.15) is 0 Å². The van der Waals surface area contributed by atoms with Gasteiger partial charge in [0.1, 0.15) is 0 Å². The Morgan fingerprint density at radius 2 is 1.72 bits per heavy atom. The molecule has 5 nitrogen and oxygen atoms in total. The van der Waals surface area contributed by atoms with Crippen molar-refractivity contribution in [3.63, 3.8) is 0 Å². The first-order chi connectivity index (χ1) is 7.91. The molecule has 0 radical (unpaired) electrons. The van der Waals surface area contributed by atoms with Gasteiger partial charge in [-0.3, -0.25) is 4.79 Å². The van der Waals surface area contributed by atoms with Crippen molar-refractivity contribution < 1.29 is 14.7 Å². The molecule has 0 saturated heterocycles. The van der Waals surface area contributed by atoms with Crippen LogP contribution in [0.5, 0.6) is 0 Å². The van der Waals surface area contributed by atoms with E-state index in [9.17, 15) is 14.7 Å². The smallest absolute Gasteiger partial charge is 0.317 e. The Balaban J connectivity index is 4.83. The lowest BCUT2D eigenvalue weighted by Gasteiger charge is -2.39. The highest BCUT2D eigenvalue weighted by molar-refractivity contribution is 5.79. The van der Waals surface area contributed by atoms with Gasteiger partial charge in [0.15, 0.2) is 0 Å². The van der Waals surface area contributed by atoms with E-state index in [1.165, 1.54) is 4.90 Å². The molecule has 0 aromatic carbocycles. The molecule has 0 unspecified atom stereocenters. The van der Waals surface area contributed by atoms with E-state index < -0.39 is 16.9 Å². The van der Waals surface area contributed by atoms with Gasteiger partial charge in [-0.25, -0.2) is 4.79 Å². The number of carbonyl (C=O) groups is 2. The van der Waals surface area contributed by atoms with Crippen molar-refractivity contribution in [2.45, 2.75) is 40.2 Å². The second-order valence-electron chi connectivity index (χ2n) is 5.80. The Labute approximate surface area is 109 Å². The van der Waals surface area contributed by atoms with Gasteiger partial charge in [0.2, 0.25) is 0 Å². The summed E-state index contributed by atoms with van der Waals surface area (Å²) in [4.78, 5) is 24.6. The zero-order valence-corrected chi connectivity index (χ0v) is 12.1. The molecule has 0 spiro atoms. The largest absolute Gasteiger partial charge is 0.481 e. The number of likely N-dealkylation sites (N-methyl/N-ethyl adjacent to an activating group) is 1. The van der Waals surface area contributed by atoms with E-state index in [0.29, 0.717) is 6.54 Å². The van der Waals surface area contributed by atoms with Crippen molar-refractivity contribution in [2.75, 3.05) is 13.6 Å². The van der Waals surface area contributed by atoms with Gasteiger partial charge in [0, 0.05) is 13.6 Å². The molecular weight excluding hydrogens is 232 g/mol. The molecular formula is C13H24N2O3. The lowest BCUT2D eigenvalue weighted by atomic mass is 9.74. The van der Waals surface area contributed by atoms with Crippen molar-refractivity contribution in [1.29, 1.82) is 0 Å². The lowest BCUT2D eigenvalue weighted by Crippen LogP contribution is -2.59. The van der Waals surface area contributed by atoms with Crippen molar-refractivity contribution >= 4 is 12.0 Å². The molecule has 0 aliphatic rings. The van der Waals surface area contributed by atoms with Crippen LogP contribution in [-0.4, -0.2) is 41.1 Å². The SMILES string of the molecule is C=C(C)CN(C)C(=O)NC(C)(C)C(C)(C)C(=O)O. The van der Waals surface area contributed by atoms with Crippen molar-refractivity contribution in [1.82, 2.24) is 10.2 Å². The van der Waals surface area contributed by atoms with Crippen LogP contribution < -0.4 is 5.32 Å². The molecule has 0 aromatic rings. The van der Waals surface area contributed by atoms with Crippen LogP contribution in [0.3, 0.4) is 0 Å². The van der Waals surface area contributed by atoms with Gasteiger partial charge < -0.3 is 15.3 Å². The first kappa shape index (κ1) is 16.5. The molecule has 0 atom stereocenters. The van der Waals surface area contributed by atoms with Crippen LogP contribution in [0.4, 0.5) is 4.79 Å². The molecule has 0 rings (SSSR count). The van der Waals surface area contributed by atoms with E-state index in [4.69, 9.17) is 0 Å². The molecule has 104 valence electrons. The maximum absolute atomic E-state index is 11.9. The van der Waals surface area contributed by atoms with Gasteiger partial charge in [-0.1, -0.05) is 12.2 Å². The normalized spacial score (nSPS) is 11.9. The quantitative estimate of drug-likeness (QED) is 0.740. The molecule has 0 aliphatic carbocycles. The molecule has 18 heavy (non-hydrogen) atoms. The summed E-state index contributed by atoms with van der Waals surface area (Å²) in [5, 5.41) is 11.9. The first-order valence-corrected chi connectivity index (χ1v) is 5.83. The summed E-state index contributed by atoms with van der Waals surface area (Å²) in [5.41, 5.74) is -1.06. The summed E-state index contributed by atoms with van der Waals surface area (Å²) in [6.07, 6.45) is 0. The number of carboxylic acids is 1. The third-order valence-electron chi connectivity index (χ3n) is 3.37. The molecule has 2 amide bonds. The maximum atomic E-state index is 11.9. The average Bonchev–Trinajstić information content (AvgIpc) is 2.14. The second kappa shape index (κ2) is 5.42. The number of aliphatic carboxylic acids is 1. The van der Waals surface area contributed by atoms with Crippen molar-refractivity contribution in [3.8, 4) is 0 Å². The third-order valence-corrected chi connectivity index (χ3v) is 3.37. The number of hydrogen-bond donors (Lipinski definition) is 2. The lowest BCUT2D eigenvalue weighted by molar-refractivity contribution is -0.150. The number of nitrogens with zero attached hydrogens (tertiary/aromatic N) is 1. The molecule has 0 aromatic heterocycles. The predicted molar refractivity (Wildman–Crippen MR) is 71.5 cm³/mol. The van der Waals surface area contributed by atoms with E-state index in [1.807, 2.05) is 6.92 Å². The molecule has 0 heterocycles. The highest BCUT2D eigenvalue weighted by Crippen LogP contribution is 2.30. The Morgan fingerprint density at radius 3 is 2.06 bits per heavy atom. The summed E-state index contributed by atoms with van der Waals surface area (Å²) in [6, 6.07) is -0.308. The summed E-state index contributed by atoms with van der Waals surface area (Å²) >= 11 is 0. The monoisotopic (exact) mass is 256 g/mol. The second-order valence-corrected chi connectivity index (χ2v) is 5.80. The van der Waals surface area contributed by atoms with Crippen LogP contribution >= 0.6 is 0 Å². The zero-order valence-electron chi connectivity index (χ0n) is 12.1. The molecule has 0 bridgehead atoms. The third kappa shape index (κ3) is 3.75. The average molecular weight is 256 g/mol. The number of rotatable bonds is 5. The van der Waals surface area contributed by atoms with Crippen LogP contribution in [0, 0.1) is 5.41 Å². The molecule has 0 aliphatic heterocycles. The Morgan fingerprint density at radius 1 is 1.28 bits per heavy atom. The minimum absolute atomic E-state index is 0.308. The summed E-state index contributed by atoms with van der Waals surface area (Å²) in [5.74, 6) is -0.949. The Hall–Kier alpha value is -1.52. The van der Waals surface area contributed by atoms with Crippen molar-refractivity contribution in [2.24, 2.45) is 5.41 Å². The van der Waals surface area contributed by atoms with Gasteiger partial charge in [0.05, 0.1) is 11.0 Å². The van der Waals surface area contributed by atoms with E-state index in [2.05, 4.69) is 11.9 Å². The number of amides is 2. The van der Waals surface area contributed by atoms with Gasteiger partial charge in [0.25, 0.3) is 0 Å². The fourth-order valence-electron chi connectivity index (χ4n) is 1.26. The summed E-state index contributed by atoms with van der Waals surface area (Å²) < 4.78 is 0. The van der Waals surface area contributed by atoms with Crippen LogP contribution in [0.2, 0.25) is 0 Å². The van der Waals surface area contributed by atoms with E-state index >= 15 is 0 Å². The highest BCUT2D eigenvalue weighted by Gasteiger charge is 2.44. The predicted octanol–water partition coefficient (Wildman–Crippen LogP) is 2.09. The number of nitrogens with one attached hydrogen (secondary N) is 1. The van der Waals surface area contributed by atoms with E-state index in [1.54, 1.807) is 34.7 Å². The first-order valence-electron chi connectivity index (χ1n) is 5.83. The molecule has 5 heteroatoms. The van der Waals surface area contributed by atoms with Crippen LogP contribution in [-0.2, 0) is 4.79 Å². The van der Waals surface area contributed by atoms with Gasteiger partial charge in [-0.15, -0.1) is 0 Å². The van der Waals surface area contributed by atoms with Crippen molar-refractivity contribution in [3.05, 3.63) is 12.2 Å². The molecule has 0 fully saturated rings. The number of carboxylic acid groups (broad SMARTS) is 1. The summed E-state index contributed by atoms with van der Waals surface area (Å²) in [6.45, 7) is 12.6. The Bertz CT molecular complexity index is 359. The fraction of sp³-hybridized carbons (Fsp3) is 0.692. The number of carbonyl (C=O) groups excluding carboxylic acids is 1. The van der Waals surface area contributed by atoms with E-state index in [-0.39, 0.29) is 6.03 Å². The standard InChI is InChI=1S/C13H24N2O3/c1-9(2)8-15(7)11(18)14-13(5,6)12(3,4)10(16)17/h1,8H2,2-7H3,(H,14,18)(H,16,17). The Kier molecular flexibility index (Phi) is 4.96. The minimum Gasteiger partial charge on any atom is -0.481 e. The molecule has 2 N–H and O–H groups in total.